The van der Waals surface area contributed by atoms with E-state index >= 15 is 0 Å². The van der Waals surface area contributed by atoms with Gasteiger partial charge in [0.1, 0.15) is 12.4 Å². The van der Waals surface area contributed by atoms with Crippen molar-refractivity contribution >= 4 is 0 Å². The highest BCUT2D eigenvalue weighted by Gasteiger charge is 2.29. The molecular formula is C16H25NO2. The van der Waals surface area contributed by atoms with Crippen molar-refractivity contribution in [2.45, 2.75) is 32.2 Å². The molecule has 0 bridgehead atoms. The molecule has 0 aromatic heterocycles. The lowest BCUT2D eigenvalue weighted by Gasteiger charge is -2.35. The number of hydrogen-bond acceptors (Lipinski definition) is 3. The van der Waals surface area contributed by atoms with Gasteiger partial charge in [-0.3, -0.25) is 0 Å². The lowest BCUT2D eigenvalue weighted by Crippen LogP contribution is -2.32. The van der Waals surface area contributed by atoms with Gasteiger partial charge in [-0.1, -0.05) is 31.5 Å². The van der Waals surface area contributed by atoms with Gasteiger partial charge in [0.25, 0.3) is 0 Å². The van der Waals surface area contributed by atoms with Crippen molar-refractivity contribution in [2.75, 3.05) is 26.9 Å². The minimum absolute atomic E-state index is 0.428. The Morgan fingerprint density at radius 3 is 2.68 bits per heavy atom. The summed E-state index contributed by atoms with van der Waals surface area (Å²) >= 11 is 0. The summed E-state index contributed by atoms with van der Waals surface area (Å²) in [6.45, 7) is 4.40. The standard InChI is InChI=1S/C16H25NO2/c1-3-17-16(13-7-6-8-13)14-9-4-5-10-15(14)19-12-11-18-2/h4-5,9-10,13,16-17H,3,6-8,11-12H2,1-2H3. The largest absolute Gasteiger partial charge is 0.491 e. The number of para-hydroxylation sites is 1. The summed E-state index contributed by atoms with van der Waals surface area (Å²) in [6, 6.07) is 8.82. The molecule has 0 heterocycles. The summed E-state index contributed by atoms with van der Waals surface area (Å²) in [5.41, 5.74) is 1.30. The number of rotatable bonds is 8. The fraction of sp³-hybridized carbons (Fsp3) is 0.625. The van der Waals surface area contributed by atoms with Crippen LogP contribution in [0.2, 0.25) is 0 Å². The number of nitrogens with one attached hydrogen (secondary N) is 1. The van der Waals surface area contributed by atoms with E-state index in [4.69, 9.17) is 9.47 Å². The smallest absolute Gasteiger partial charge is 0.124 e. The van der Waals surface area contributed by atoms with Crippen LogP contribution in [-0.2, 0) is 4.74 Å². The number of benzene rings is 1. The van der Waals surface area contributed by atoms with Gasteiger partial charge in [-0.15, -0.1) is 0 Å². The summed E-state index contributed by atoms with van der Waals surface area (Å²) in [7, 11) is 1.70. The minimum Gasteiger partial charge on any atom is -0.491 e. The first kappa shape index (κ1) is 14.4. The molecule has 1 N–H and O–H groups in total. The van der Waals surface area contributed by atoms with Crippen molar-refractivity contribution < 1.29 is 9.47 Å². The van der Waals surface area contributed by atoms with Gasteiger partial charge in [0, 0.05) is 18.7 Å². The third-order valence-electron chi connectivity index (χ3n) is 3.84. The molecule has 0 aliphatic heterocycles. The van der Waals surface area contributed by atoms with Crippen LogP contribution >= 0.6 is 0 Å². The van der Waals surface area contributed by atoms with Crippen LogP contribution in [0.4, 0.5) is 0 Å². The Labute approximate surface area is 116 Å². The molecule has 2 rings (SSSR count). The number of methoxy groups -OCH3 is 1. The van der Waals surface area contributed by atoms with Crippen molar-refractivity contribution in [2.24, 2.45) is 5.92 Å². The molecule has 0 spiro atoms. The van der Waals surface area contributed by atoms with E-state index < -0.39 is 0 Å². The zero-order chi connectivity index (χ0) is 13.5. The molecule has 106 valence electrons. The van der Waals surface area contributed by atoms with Crippen molar-refractivity contribution in [3.63, 3.8) is 0 Å². The van der Waals surface area contributed by atoms with Crippen LogP contribution < -0.4 is 10.1 Å². The van der Waals surface area contributed by atoms with E-state index in [1.54, 1.807) is 7.11 Å². The molecule has 3 heteroatoms. The van der Waals surface area contributed by atoms with Crippen molar-refractivity contribution in [1.82, 2.24) is 5.32 Å². The van der Waals surface area contributed by atoms with E-state index in [1.165, 1.54) is 24.8 Å². The molecule has 1 unspecified atom stereocenters. The van der Waals surface area contributed by atoms with Gasteiger partial charge < -0.3 is 14.8 Å². The van der Waals surface area contributed by atoms with Gasteiger partial charge in [-0.05, 0) is 31.4 Å². The fourth-order valence-corrected chi connectivity index (χ4v) is 2.63. The minimum atomic E-state index is 0.428. The van der Waals surface area contributed by atoms with Crippen LogP contribution in [0.5, 0.6) is 5.75 Å². The molecule has 3 nitrogen and oxygen atoms in total. The Balaban J connectivity index is 2.10. The Morgan fingerprint density at radius 1 is 1.26 bits per heavy atom. The first-order valence-electron chi connectivity index (χ1n) is 7.30. The monoisotopic (exact) mass is 263 g/mol. The highest BCUT2D eigenvalue weighted by molar-refractivity contribution is 5.36. The van der Waals surface area contributed by atoms with Crippen molar-refractivity contribution in [3.8, 4) is 5.75 Å². The van der Waals surface area contributed by atoms with Gasteiger partial charge >= 0.3 is 0 Å². The van der Waals surface area contributed by atoms with Gasteiger partial charge in [0.15, 0.2) is 0 Å². The number of hydrogen-bond donors (Lipinski definition) is 1. The van der Waals surface area contributed by atoms with E-state index in [9.17, 15) is 0 Å². The van der Waals surface area contributed by atoms with Crippen LogP contribution in [0.3, 0.4) is 0 Å². The molecule has 0 radical (unpaired) electrons. The molecule has 1 saturated carbocycles. The van der Waals surface area contributed by atoms with Gasteiger partial charge in [-0.25, -0.2) is 0 Å². The highest BCUT2D eigenvalue weighted by Crippen LogP contribution is 2.40. The molecule has 19 heavy (non-hydrogen) atoms. The maximum Gasteiger partial charge on any atom is 0.124 e. The second-order valence-electron chi connectivity index (χ2n) is 5.11. The van der Waals surface area contributed by atoms with Gasteiger partial charge in [0.05, 0.1) is 6.61 Å². The van der Waals surface area contributed by atoms with E-state index in [-0.39, 0.29) is 0 Å². The van der Waals surface area contributed by atoms with Crippen LogP contribution in [0, 0.1) is 5.92 Å². The molecule has 0 saturated heterocycles. The zero-order valence-electron chi connectivity index (χ0n) is 12.0. The molecule has 1 aliphatic rings. The van der Waals surface area contributed by atoms with Crippen molar-refractivity contribution in [3.05, 3.63) is 29.8 Å². The Morgan fingerprint density at radius 2 is 2.05 bits per heavy atom. The summed E-state index contributed by atoms with van der Waals surface area (Å²) in [5.74, 6) is 1.75. The normalized spacial score (nSPS) is 16.9. The zero-order valence-corrected chi connectivity index (χ0v) is 12.0. The molecule has 1 aliphatic carbocycles. The molecule has 1 fully saturated rings. The van der Waals surface area contributed by atoms with Crippen LogP contribution in [-0.4, -0.2) is 26.9 Å². The van der Waals surface area contributed by atoms with Gasteiger partial charge in [-0.2, -0.15) is 0 Å². The fourth-order valence-electron chi connectivity index (χ4n) is 2.63. The summed E-state index contributed by atoms with van der Waals surface area (Å²) in [6.07, 6.45) is 4.01. The Bertz CT molecular complexity index is 377. The van der Waals surface area contributed by atoms with E-state index in [0.29, 0.717) is 19.3 Å². The molecule has 1 atom stereocenters. The first-order valence-corrected chi connectivity index (χ1v) is 7.30. The Hall–Kier alpha value is -1.06. The lowest BCUT2D eigenvalue weighted by atomic mass is 9.77. The summed E-state index contributed by atoms with van der Waals surface area (Å²) in [4.78, 5) is 0. The van der Waals surface area contributed by atoms with E-state index in [1.807, 2.05) is 6.07 Å². The quantitative estimate of drug-likeness (QED) is 0.731. The maximum absolute atomic E-state index is 5.86. The average Bonchev–Trinajstić information content (AvgIpc) is 2.37. The predicted molar refractivity (Wildman–Crippen MR) is 77.6 cm³/mol. The third kappa shape index (κ3) is 3.71. The molecule has 1 aromatic rings. The summed E-state index contributed by atoms with van der Waals surface area (Å²) in [5, 5.41) is 3.62. The lowest BCUT2D eigenvalue weighted by molar-refractivity contribution is 0.144. The molecule has 0 amide bonds. The van der Waals surface area contributed by atoms with Gasteiger partial charge in [0.2, 0.25) is 0 Å². The molecule has 1 aromatic carbocycles. The topological polar surface area (TPSA) is 30.5 Å². The van der Waals surface area contributed by atoms with Crippen molar-refractivity contribution in [1.29, 1.82) is 0 Å². The van der Waals surface area contributed by atoms with E-state index in [2.05, 4.69) is 30.4 Å². The Kier molecular flexibility index (Phi) is 5.67. The van der Waals surface area contributed by atoms with Crippen LogP contribution in [0.25, 0.3) is 0 Å². The third-order valence-corrected chi connectivity index (χ3v) is 3.84. The second kappa shape index (κ2) is 7.51. The maximum atomic E-state index is 5.86. The second-order valence-corrected chi connectivity index (χ2v) is 5.11. The summed E-state index contributed by atoms with van der Waals surface area (Å²) < 4.78 is 10.9. The molecular weight excluding hydrogens is 238 g/mol. The number of ether oxygens (including phenoxy) is 2. The average molecular weight is 263 g/mol. The van der Waals surface area contributed by atoms with Crippen LogP contribution in [0.15, 0.2) is 24.3 Å². The SMILES string of the molecule is CCNC(c1ccccc1OCCOC)C1CCC1. The van der Waals surface area contributed by atoms with E-state index in [0.717, 1.165) is 18.2 Å². The predicted octanol–water partition coefficient (Wildman–Crippen LogP) is 3.16. The highest BCUT2D eigenvalue weighted by atomic mass is 16.5. The van der Waals surface area contributed by atoms with Crippen LogP contribution in [0.1, 0.15) is 37.8 Å². The first-order chi connectivity index (χ1) is 9.36.